The van der Waals surface area contributed by atoms with Gasteiger partial charge in [-0.3, -0.25) is 4.55 Å². The minimum Gasteiger partial charge on any atom is -0.457 e. The Morgan fingerprint density at radius 2 is 1.20 bits per heavy atom. The Hall–Kier alpha value is -3.75. The molecule has 0 saturated carbocycles. The van der Waals surface area contributed by atoms with Crippen LogP contribution in [0.2, 0.25) is 0 Å². The van der Waals surface area contributed by atoms with Gasteiger partial charge in [-0.2, -0.15) is 8.42 Å². The van der Waals surface area contributed by atoms with Crippen molar-refractivity contribution in [1.29, 1.82) is 0 Å². The van der Waals surface area contributed by atoms with Crippen LogP contribution in [0.4, 0.5) is 11.4 Å². The standard InChI is InChI=1S/C22H18N2O5S/c23-15-2-7-17(8-3-15)28-19-6-1-14-11-20(30(25,26)27)13-22(21(14)12-19)29-18-9-4-16(24)5-10-18/h1-13H,23-24H2,(H,25,26,27). The SMILES string of the molecule is Nc1ccc(Oc2ccc3cc(S(=O)(=O)O)cc(Oc4ccc(N)cc4)c3c2)cc1. The molecule has 30 heavy (non-hydrogen) atoms. The van der Waals surface area contributed by atoms with E-state index < -0.39 is 10.1 Å². The van der Waals surface area contributed by atoms with Crippen molar-refractivity contribution in [3.05, 3.63) is 78.9 Å². The lowest BCUT2D eigenvalue weighted by Crippen LogP contribution is -1.99. The Bertz CT molecular complexity index is 1320. The van der Waals surface area contributed by atoms with E-state index in [0.29, 0.717) is 39.4 Å². The van der Waals surface area contributed by atoms with Crippen LogP contribution in [0.5, 0.6) is 23.0 Å². The van der Waals surface area contributed by atoms with Crippen molar-refractivity contribution in [3.63, 3.8) is 0 Å². The predicted molar refractivity (Wildman–Crippen MR) is 116 cm³/mol. The van der Waals surface area contributed by atoms with Gasteiger partial charge in [0, 0.05) is 22.8 Å². The molecule has 0 radical (unpaired) electrons. The van der Waals surface area contributed by atoms with Crippen molar-refractivity contribution in [2.24, 2.45) is 0 Å². The molecule has 4 aromatic carbocycles. The molecule has 0 heterocycles. The zero-order chi connectivity index (χ0) is 21.3. The molecule has 0 amide bonds. The van der Waals surface area contributed by atoms with Crippen molar-refractivity contribution in [3.8, 4) is 23.0 Å². The normalized spacial score (nSPS) is 11.4. The lowest BCUT2D eigenvalue weighted by atomic mass is 10.1. The molecule has 152 valence electrons. The van der Waals surface area contributed by atoms with Gasteiger partial charge in [-0.15, -0.1) is 0 Å². The van der Waals surface area contributed by atoms with Crippen molar-refractivity contribution >= 4 is 32.3 Å². The second kappa shape index (κ2) is 7.58. The van der Waals surface area contributed by atoms with Crippen LogP contribution in [0.3, 0.4) is 0 Å². The highest BCUT2D eigenvalue weighted by molar-refractivity contribution is 7.85. The fraction of sp³-hybridized carbons (Fsp3) is 0. The quantitative estimate of drug-likeness (QED) is 0.310. The maximum atomic E-state index is 11.7. The first-order chi connectivity index (χ1) is 14.3. The molecule has 4 aromatic rings. The fourth-order valence-electron chi connectivity index (χ4n) is 2.91. The fourth-order valence-corrected chi connectivity index (χ4v) is 3.44. The van der Waals surface area contributed by atoms with Crippen LogP contribution in [-0.2, 0) is 10.1 Å². The van der Waals surface area contributed by atoms with Gasteiger partial charge >= 0.3 is 0 Å². The van der Waals surface area contributed by atoms with E-state index in [-0.39, 0.29) is 10.6 Å². The molecule has 0 saturated heterocycles. The van der Waals surface area contributed by atoms with E-state index in [1.54, 1.807) is 66.7 Å². The molecule has 0 bridgehead atoms. The zero-order valence-corrected chi connectivity index (χ0v) is 16.5. The van der Waals surface area contributed by atoms with Gasteiger partial charge in [0.05, 0.1) is 4.90 Å². The maximum Gasteiger partial charge on any atom is 0.294 e. The zero-order valence-electron chi connectivity index (χ0n) is 15.6. The molecule has 0 fully saturated rings. The van der Waals surface area contributed by atoms with Gasteiger partial charge in [0.25, 0.3) is 10.1 Å². The summed E-state index contributed by atoms with van der Waals surface area (Å²) in [5, 5.41) is 1.16. The third-order valence-electron chi connectivity index (χ3n) is 4.38. The summed E-state index contributed by atoms with van der Waals surface area (Å²) in [5.41, 5.74) is 12.6. The van der Waals surface area contributed by atoms with Gasteiger partial charge < -0.3 is 20.9 Å². The lowest BCUT2D eigenvalue weighted by Gasteiger charge is -2.13. The van der Waals surface area contributed by atoms with Crippen LogP contribution in [0, 0.1) is 0 Å². The highest BCUT2D eigenvalue weighted by Gasteiger charge is 2.16. The summed E-state index contributed by atoms with van der Waals surface area (Å²) >= 11 is 0. The summed E-state index contributed by atoms with van der Waals surface area (Å²) in [4.78, 5) is -0.271. The molecule has 0 aliphatic heterocycles. The molecule has 7 nitrogen and oxygen atoms in total. The minimum atomic E-state index is -4.42. The highest BCUT2D eigenvalue weighted by atomic mass is 32.2. The first kappa shape index (κ1) is 19.6. The third-order valence-corrected chi connectivity index (χ3v) is 5.21. The molecule has 8 heteroatoms. The summed E-state index contributed by atoms with van der Waals surface area (Å²) in [5.74, 6) is 1.82. The first-order valence-electron chi connectivity index (χ1n) is 8.90. The number of hydrogen-bond donors (Lipinski definition) is 3. The number of ether oxygens (including phenoxy) is 2. The van der Waals surface area contributed by atoms with E-state index in [2.05, 4.69) is 0 Å². The topological polar surface area (TPSA) is 125 Å². The molecule has 0 aromatic heterocycles. The number of fused-ring (bicyclic) bond motifs is 1. The van der Waals surface area contributed by atoms with Gasteiger partial charge in [-0.05, 0) is 72.1 Å². The molecule has 5 N–H and O–H groups in total. The van der Waals surface area contributed by atoms with Crippen LogP contribution in [-0.4, -0.2) is 13.0 Å². The molecule has 0 aliphatic rings. The number of benzene rings is 4. The summed E-state index contributed by atoms with van der Waals surface area (Å²) in [6.07, 6.45) is 0. The second-order valence-electron chi connectivity index (χ2n) is 6.62. The first-order valence-corrected chi connectivity index (χ1v) is 10.3. The van der Waals surface area contributed by atoms with Crippen LogP contribution >= 0.6 is 0 Å². The summed E-state index contributed by atoms with van der Waals surface area (Å²) in [6, 6.07) is 21.3. The van der Waals surface area contributed by atoms with Crippen molar-refractivity contribution in [2.45, 2.75) is 4.90 Å². The molecule has 4 rings (SSSR count). The Morgan fingerprint density at radius 3 is 1.77 bits per heavy atom. The van der Waals surface area contributed by atoms with Gasteiger partial charge in [-0.25, -0.2) is 0 Å². The van der Waals surface area contributed by atoms with E-state index >= 15 is 0 Å². The highest BCUT2D eigenvalue weighted by Crippen LogP contribution is 2.36. The molecular formula is C22H18N2O5S. The smallest absolute Gasteiger partial charge is 0.294 e. The van der Waals surface area contributed by atoms with E-state index in [9.17, 15) is 13.0 Å². The third kappa shape index (κ3) is 4.29. The van der Waals surface area contributed by atoms with Gasteiger partial charge in [-0.1, -0.05) is 6.07 Å². The van der Waals surface area contributed by atoms with Gasteiger partial charge in [0.1, 0.15) is 23.0 Å². The Labute approximate surface area is 173 Å². The van der Waals surface area contributed by atoms with E-state index in [1.807, 2.05) is 0 Å². The average Bonchev–Trinajstić information content (AvgIpc) is 2.71. The van der Waals surface area contributed by atoms with E-state index in [1.165, 1.54) is 12.1 Å². The number of nitrogen functional groups attached to an aromatic ring is 2. The van der Waals surface area contributed by atoms with Crippen molar-refractivity contribution < 1.29 is 22.4 Å². The van der Waals surface area contributed by atoms with Crippen LogP contribution in [0.25, 0.3) is 10.8 Å². The second-order valence-corrected chi connectivity index (χ2v) is 8.04. The lowest BCUT2D eigenvalue weighted by molar-refractivity contribution is 0.473. The summed E-state index contributed by atoms with van der Waals surface area (Å²) < 4.78 is 44.7. The molecular weight excluding hydrogens is 404 g/mol. The Kier molecular flexibility index (Phi) is 4.94. The minimum absolute atomic E-state index is 0.243. The van der Waals surface area contributed by atoms with Crippen molar-refractivity contribution in [2.75, 3.05) is 11.5 Å². The molecule has 0 unspecified atom stereocenters. The van der Waals surface area contributed by atoms with Gasteiger partial charge in [0.2, 0.25) is 0 Å². The summed E-state index contributed by atoms with van der Waals surface area (Å²) in [6.45, 7) is 0. The number of nitrogens with two attached hydrogens (primary N) is 2. The molecule has 0 spiro atoms. The number of hydrogen-bond acceptors (Lipinski definition) is 6. The number of anilines is 2. The van der Waals surface area contributed by atoms with Gasteiger partial charge in [0.15, 0.2) is 0 Å². The Balaban J connectivity index is 1.80. The largest absolute Gasteiger partial charge is 0.457 e. The average molecular weight is 422 g/mol. The van der Waals surface area contributed by atoms with E-state index in [4.69, 9.17) is 20.9 Å². The maximum absolute atomic E-state index is 11.7. The number of rotatable bonds is 5. The monoisotopic (exact) mass is 422 g/mol. The van der Waals surface area contributed by atoms with Crippen LogP contribution < -0.4 is 20.9 Å². The van der Waals surface area contributed by atoms with Crippen LogP contribution in [0.1, 0.15) is 0 Å². The molecule has 0 aliphatic carbocycles. The predicted octanol–water partition coefficient (Wildman–Crippen LogP) is 4.84. The summed E-state index contributed by atoms with van der Waals surface area (Å²) in [7, 11) is -4.42. The Morgan fingerprint density at radius 1 is 0.667 bits per heavy atom. The van der Waals surface area contributed by atoms with Crippen molar-refractivity contribution in [1.82, 2.24) is 0 Å². The van der Waals surface area contributed by atoms with Crippen LogP contribution in [0.15, 0.2) is 83.8 Å². The van der Waals surface area contributed by atoms with E-state index in [0.717, 1.165) is 0 Å². The molecule has 0 atom stereocenters.